The number of carboxylic acids is 1. The maximum atomic E-state index is 11.2. The van der Waals surface area contributed by atoms with Crippen LogP contribution in [0.25, 0.3) is 0 Å². The van der Waals surface area contributed by atoms with Gasteiger partial charge in [0.15, 0.2) is 0 Å². The maximum absolute atomic E-state index is 11.2. The van der Waals surface area contributed by atoms with Crippen LogP contribution in [0, 0.1) is 11.8 Å². The molecule has 24 heavy (non-hydrogen) atoms. The first-order valence-corrected chi connectivity index (χ1v) is 9.31. The van der Waals surface area contributed by atoms with Gasteiger partial charge in [-0.2, -0.15) is 0 Å². The van der Waals surface area contributed by atoms with Crippen molar-refractivity contribution in [2.45, 2.75) is 76.5 Å². The molecule has 1 unspecified atom stereocenters. The first-order valence-electron chi connectivity index (χ1n) is 9.31. The molecular weight excluding hydrogens is 306 g/mol. The molecule has 0 saturated heterocycles. The highest BCUT2D eigenvalue weighted by Crippen LogP contribution is 2.52. The third-order valence-electron chi connectivity index (χ3n) is 5.47. The van der Waals surface area contributed by atoms with E-state index in [1.54, 1.807) is 0 Å². The fourth-order valence-corrected chi connectivity index (χ4v) is 4.21. The summed E-state index contributed by atoms with van der Waals surface area (Å²) in [5, 5.41) is 22.8. The number of aliphatic hydroxyl groups is 1. The summed E-state index contributed by atoms with van der Waals surface area (Å²) in [5.74, 6) is 2.37. The van der Waals surface area contributed by atoms with Crippen LogP contribution in [0.5, 0.6) is 0 Å². The van der Waals surface area contributed by atoms with Gasteiger partial charge >= 0.3 is 5.97 Å². The minimum atomic E-state index is -0.847. The van der Waals surface area contributed by atoms with Gasteiger partial charge in [-0.05, 0) is 56.3 Å². The van der Waals surface area contributed by atoms with Crippen LogP contribution in [0.3, 0.4) is 0 Å². The molecule has 0 bridgehead atoms. The third kappa shape index (κ3) is 3.82. The van der Waals surface area contributed by atoms with Crippen molar-refractivity contribution in [1.82, 2.24) is 5.16 Å². The van der Waals surface area contributed by atoms with Crippen LogP contribution < -0.4 is 0 Å². The average Bonchev–Trinajstić information content (AvgIpc) is 3.21. The lowest BCUT2D eigenvalue weighted by Gasteiger charge is -2.35. The highest BCUT2D eigenvalue weighted by molar-refractivity contribution is 5.68. The van der Waals surface area contributed by atoms with Crippen molar-refractivity contribution in [1.29, 1.82) is 0 Å². The summed E-state index contributed by atoms with van der Waals surface area (Å²) < 4.78 is 5.74. The third-order valence-corrected chi connectivity index (χ3v) is 5.47. The molecule has 0 aromatic carbocycles. The average molecular weight is 335 g/mol. The van der Waals surface area contributed by atoms with E-state index in [-0.39, 0.29) is 18.9 Å². The van der Waals surface area contributed by atoms with Crippen molar-refractivity contribution in [3.05, 3.63) is 17.0 Å². The number of hydrogen-bond donors (Lipinski definition) is 2. The van der Waals surface area contributed by atoms with E-state index in [2.05, 4.69) is 19.0 Å². The van der Waals surface area contributed by atoms with Crippen molar-refractivity contribution in [3.63, 3.8) is 0 Å². The molecule has 1 atom stereocenters. The number of aromatic nitrogens is 1. The van der Waals surface area contributed by atoms with E-state index in [9.17, 15) is 9.90 Å². The highest BCUT2D eigenvalue weighted by atomic mass is 16.5. The molecule has 5 heteroatoms. The lowest BCUT2D eigenvalue weighted by Crippen LogP contribution is -2.23. The largest absolute Gasteiger partial charge is 0.481 e. The van der Waals surface area contributed by atoms with E-state index >= 15 is 0 Å². The Morgan fingerprint density at radius 3 is 2.54 bits per heavy atom. The molecule has 2 saturated carbocycles. The summed E-state index contributed by atoms with van der Waals surface area (Å²) in [5.41, 5.74) is 1.99. The van der Waals surface area contributed by atoms with Gasteiger partial charge in [0.2, 0.25) is 0 Å². The number of carbonyl (C=O) groups is 1. The summed E-state index contributed by atoms with van der Waals surface area (Å²) in [6, 6.07) is 0. The van der Waals surface area contributed by atoms with Crippen LogP contribution in [0.1, 0.15) is 93.6 Å². The Kier molecular flexibility index (Phi) is 5.28. The van der Waals surface area contributed by atoms with Gasteiger partial charge in [-0.25, -0.2) is 0 Å². The molecule has 0 spiro atoms. The molecule has 0 amide bonds. The summed E-state index contributed by atoms with van der Waals surface area (Å²) in [4.78, 5) is 11.2. The van der Waals surface area contributed by atoms with Gasteiger partial charge in [-0.1, -0.05) is 19.0 Å². The Balaban J connectivity index is 1.77. The first kappa shape index (κ1) is 17.5. The van der Waals surface area contributed by atoms with Gasteiger partial charge in [-0.15, -0.1) is 0 Å². The minimum Gasteiger partial charge on any atom is -0.481 e. The van der Waals surface area contributed by atoms with Crippen molar-refractivity contribution in [3.8, 4) is 0 Å². The molecule has 3 rings (SSSR count). The van der Waals surface area contributed by atoms with Crippen LogP contribution >= 0.6 is 0 Å². The topological polar surface area (TPSA) is 83.6 Å². The molecule has 134 valence electrons. The molecule has 1 heterocycles. The number of rotatable bonds is 9. The second-order valence-corrected chi connectivity index (χ2v) is 8.09. The first-order chi connectivity index (χ1) is 11.5. The lowest BCUT2D eigenvalue weighted by atomic mass is 9.69. The molecule has 0 radical (unpaired) electrons. The molecule has 5 nitrogen and oxygen atoms in total. The molecule has 2 N–H and O–H groups in total. The number of hydrogen-bond acceptors (Lipinski definition) is 4. The van der Waals surface area contributed by atoms with Crippen molar-refractivity contribution < 1.29 is 19.5 Å². The predicted octanol–water partition coefficient (Wildman–Crippen LogP) is 4.03. The van der Waals surface area contributed by atoms with Crippen LogP contribution in [0.15, 0.2) is 4.52 Å². The van der Waals surface area contributed by atoms with Crippen LogP contribution in [-0.2, 0) is 4.79 Å². The Labute approximate surface area is 143 Å². The van der Waals surface area contributed by atoms with E-state index in [4.69, 9.17) is 9.63 Å². The summed E-state index contributed by atoms with van der Waals surface area (Å²) >= 11 is 0. The fraction of sp³-hybridized carbons (Fsp3) is 0.789. The second kappa shape index (κ2) is 7.26. The van der Waals surface area contributed by atoms with E-state index < -0.39 is 5.97 Å². The van der Waals surface area contributed by atoms with Gasteiger partial charge in [0.05, 0.1) is 12.1 Å². The molecule has 1 aromatic heterocycles. The Hall–Kier alpha value is -1.36. The van der Waals surface area contributed by atoms with Crippen LogP contribution in [0.2, 0.25) is 0 Å². The highest BCUT2D eigenvalue weighted by Gasteiger charge is 2.41. The van der Waals surface area contributed by atoms with E-state index in [0.29, 0.717) is 18.3 Å². The molecular formula is C19H29NO4. The van der Waals surface area contributed by atoms with Crippen molar-refractivity contribution >= 4 is 5.97 Å². The molecule has 1 aromatic rings. The molecule has 2 fully saturated rings. The minimum absolute atomic E-state index is 0.00684. The number of aliphatic hydroxyl groups excluding tert-OH is 1. The van der Waals surface area contributed by atoms with Crippen molar-refractivity contribution in [2.75, 3.05) is 6.61 Å². The predicted molar refractivity (Wildman–Crippen MR) is 90.1 cm³/mol. The number of carboxylic acid groups (broad SMARTS) is 1. The maximum Gasteiger partial charge on any atom is 0.304 e. The zero-order valence-corrected chi connectivity index (χ0v) is 14.7. The lowest BCUT2D eigenvalue weighted by molar-refractivity contribution is -0.137. The Bertz CT molecular complexity index is 570. The Morgan fingerprint density at radius 1 is 1.29 bits per heavy atom. The van der Waals surface area contributed by atoms with Gasteiger partial charge in [0, 0.05) is 24.0 Å². The molecule has 2 aliphatic carbocycles. The van der Waals surface area contributed by atoms with Gasteiger partial charge in [0.25, 0.3) is 0 Å². The summed E-state index contributed by atoms with van der Waals surface area (Å²) in [6.07, 6.45) is 6.31. The summed E-state index contributed by atoms with van der Waals surface area (Å²) in [7, 11) is 0. The summed E-state index contributed by atoms with van der Waals surface area (Å²) in [6.45, 7) is 4.51. The zero-order valence-electron chi connectivity index (χ0n) is 14.7. The number of nitrogens with zero attached hydrogens (tertiary/aromatic N) is 1. The molecule has 2 aliphatic rings. The van der Waals surface area contributed by atoms with Gasteiger partial charge < -0.3 is 14.7 Å². The SMILES string of the molecule is CC(C)CC1CC(c2onc(C(CCO)CC(=O)O)c2C2CC2)C1. The Morgan fingerprint density at radius 2 is 2.00 bits per heavy atom. The standard InChI is InChI=1S/C19H29NO4/c1-11(2)7-12-8-15(9-12)19-17(13-3-4-13)18(20-24-19)14(5-6-21)10-16(22)23/h11-15,21H,3-10H2,1-2H3,(H,22,23). The van der Waals surface area contributed by atoms with Gasteiger partial charge in [0.1, 0.15) is 5.76 Å². The fourth-order valence-electron chi connectivity index (χ4n) is 4.21. The normalized spacial score (nSPS) is 24.8. The zero-order chi connectivity index (χ0) is 17.3. The van der Waals surface area contributed by atoms with E-state index in [1.807, 2.05) is 0 Å². The second-order valence-electron chi connectivity index (χ2n) is 8.09. The monoisotopic (exact) mass is 335 g/mol. The van der Waals surface area contributed by atoms with Crippen molar-refractivity contribution in [2.24, 2.45) is 11.8 Å². The van der Waals surface area contributed by atoms with E-state index in [0.717, 1.165) is 49.0 Å². The van der Waals surface area contributed by atoms with Crippen LogP contribution in [0.4, 0.5) is 0 Å². The van der Waals surface area contributed by atoms with Crippen LogP contribution in [-0.4, -0.2) is 27.9 Å². The smallest absolute Gasteiger partial charge is 0.304 e. The van der Waals surface area contributed by atoms with E-state index in [1.165, 1.54) is 12.0 Å². The number of aliphatic carboxylic acids is 1. The van der Waals surface area contributed by atoms with Gasteiger partial charge in [-0.3, -0.25) is 4.79 Å². The molecule has 0 aliphatic heterocycles. The quantitative estimate of drug-likeness (QED) is 0.712.